The van der Waals surface area contributed by atoms with E-state index in [-0.39, 0.29) is 5.76 Å². The van der Waals surface area contributed by atoms with Crippen molar-refractivity contribution in [1.29, 1.82) is 0 Å². The Balaban J connectivity index is 3.78. The Morgan fingerprint density at radius 2 is 2.21 bits per heavy atom. The zero-order chi connectivity index (χ0) is 10.8. The van der Waals surface area contributed by atoms with E-state index < -0.39 is 5.97 Å². The smallest absolute Gasteiger partial charge is 0.369 e. The summed E-state index contributed by atoms with van der Waals surface area (Å²) < 4.78 is 4.81. The molecule has 0 atom stereocenters. The van der Waals surface area contributed by atoms with Gasteiger partial charge < -0.3 is 9.53 Å². The highest BCUT2D eigenvalue weighted by atomic mass is 28.2. The van der Waals surface area contributed by atoms with Crippen LogP contribution >= 0.6 is 0 Å². The third kappa shape index (κ3) is 6.48. The molecule has 3 nitrogen and oxygen atoms in total. The number of rotatable bonds is 7. The maximum absolute atomic E-state index is 10.5. The lowest BCUT2D eigenvalue weighted by atomic mass is 10.2. The standard InChI is InChI=1S/C10H18O3Si/c1-2-3-4-5-6-7-8-9(13-14)10(11)12/h5-6,8H,2-4,7H2,1,14H3,(H,11,12). The van der Waals surface area contributed by atoms with Crippen LogP contribution in [0, 0.1) is 0 Å². The van der Waals surface area contributed by atoms with Crippen LogP contribution in [0.5, 0.6) is 0 Å². The Morgan fingerprint density at radius 3 is 2.71 bits per heavy atom. The second kappa shape index (κ2) is 8.56. The predicted octanol–water partition coefficient (Wildman–Crippen LogP) is 1.39. The SMILES string of the molecule is CCCCC=CCC=C(O[SiH3])C(=O)O. The summed E-state index contributed by atoms with van der Waals surface area (Å²) in [4.78, 5) is 10.5. The highest BCUT2D eigenvalue weighted by molar-refractivity contribution is 6.02. The Morgan fingerprint density at radius 1 is 1.50 bits per heavy atom. The summed E-state index contributed by atoms with van der Waals surface area (Å²) >= 11 is 0. The molecule has 0 aromatic carbocycles. The minimum atomic E-state index is -0.984. The first-order valence-corrected chi connectivity index (χ1v) is 5.66. The number of aliphatic carboxylic acids is 1. The molecule has 1 N–H and O–H groups in total. The van der Waals surface area contributed by atoms with Crippen LogP contribution in [0.15, 0.2) is 24.0 Å². The maximum Gasteiger partial charge on any atom is 0.369 e. The topological polar surface area (TPSA) is 46.5 Å². The molecule has 0 aliphatic heterocycles. The Bertz CT molecular complexity index is 221. The highest BCUT2D eigenvalue weighted by Crippen LogP contribution is 2.00. The average molecular weight is 214 g/mol. The van der Waals surface area contributed by atoms with Gasteiger partial charge >= 0.3 is 5.97 Å². The fourth-order valence-electron chi connectivity index (χ4n) is 0.969. The van der Waals surface area contributed by atoms with Gasteiger partial charge in [0.1, 0.15) is 0 Å². The van der Waals surface area contributed by atoms with Gasteiger partial charge in [0.2, 0.25) is 10.5 Å². The molecule has 0 saturated heterocycles. The van der Waals surface area contributed by atoms with E-state index in [2.05, 4.69) is 13.0 Å². The number of carboxylic acids is 1. The van der Waals surface area contributed by atoms with Gasteiger partial charge in [-0.25, -0.2) is 4.79 Å². The van der Waals surface area contributed by atoms with E-state index in [1.807, 2.05) is 6.08 Å². The Labute approximate surface area is 88.0 Å². The molecule has 0 aliphatic rings. The van der Waals surface area contributed by atoms with Crippen LogP contribution in [0.1, 0.15) is 32.6 Å². The van der Waals surface area contributed by atoms with E-state index in [1.54, 1.807) is 6.08 Å². The molecule has 0 heterocycles. The molecule has 0 radical (unpaired) electrons. The van der Waals surface area contributed by atoms with Gasteiger partial charge in [-0.15, -0.1) is 0 Å². The lowest BCUT2D eigenvalue weighted by Gasteiger charge is -1.98. The van der Waals surface area contributed by atoms with Crippen molar-refractivity contribution in [3.8, 4) is 0 Å². The number of allylic oxidation sites excluding steroid dienone is 3. The normalized spacial score (nSPS) is 12.2. The number of hydrogen-bond acceptors (Lipinski definition) is 2. The molecule has 0 fully saturated rings. The van der Waals surface area contributed by atoms with Crippen molar-refractivity contribution in [3.63, 3.8) is 0 Å². The van der Waals surface area contributed by atoms with Crippen LogP contribution in [-0.2, 0) is 9.22 Å². The summed E-state index contributed by atoms with van der Waals surface area (Å²) in [5.74, 6) is -0.918. The van der Waals surface area contributed by atoms with E-state index in [0.717, 1.165) is 6.42 Å². The predicted molar refractivity (Wildman–Crippen MR) is 60.0 cm³/mol. The molecule has 0 spiro atoms. The van der Waals surface area contributed by atoms with Gasteiger partial charge in [0.15, 0.2) is 5.76 Å². The van der Waals surface area contributed by atoms with Gasteiger partial charge in [-0.1, -0.05) is 31.9 Å². The number of carboxylic acid groups (broad SMARTS) is 1. The van der Waals surface area contributed by atoms with Gasteiger partial charge in [0.25, 0.3) is 0 Å². The molecular weight excluding hydrogens is 196 g/mol. The van der Waals surface area contributed by atoms with E-state index in [1.165, 1.54) is 12.8 Å². The minimum Gasteiger partial charge on any atom is -0.549 e. The molecule has 0 aliphatic carbocycles. The largest absolute Gasteiger partial charge is 0.549 e. The zero-order valence-corrected chi connectivity index (χ0v) is 10.8. The van der Waals surface area contributed by atoms with Crippen LogP contribution in [0.3, 0.4) is 0 Å². The van der Waals surface area contributed by atoms with Gasteiger partial charge in [0, 0.05) is 0 Å². The summed E-state index contributed by atoms with van der Waals surface area (Å²) in [6, 6.07) is 0. The monoisotopic (exact) mass is 214 g/mol. The van der Waals surface area contributed by atoms with E-state index >= 15 is 0 Å². The van der Waals surface area contributed by atoms with Crippen molar-refractivity contribution >= 4 is 16.5 Å². The van der Waals surface area contributed by atoms with Gasteiger partial charge in [-0.05, 0) is 18.9 Å². The maximum atomic E-state index is 10.5. The van der Waals surface area contributed by atoms with Crippen molar-refractivity contribution in [2.45, 2.75) is 32.6 Å². The molecule has 0 aromatic heterocycles. The fourth-order valence-corrected chi connectivity index (χ4v) is 1.31. The lowest BCUT2D eigenvalue weighted by Crippen LogP contribution is -2.02. The first-order valence-electron chi connectivity index (χ1n) is 4.84. The van der Waals surface area contributed by atoms with Crippen LogP contribution in [-0.4, -0.2) is 21.6 Å². The first kappa shape index (κ1) is 13.0. The second-order valence-electron chi connectivity index (χ2n) is 2.93. The quantitative estimate of drug-likeness (QED) is 0.229. The number of carbonyl (C=O) groups is 1. The Hall–Kier alpha value is -1.03. The molecular formula is C10H18O3Si. The lowest BCUT2D eigenvalue weighted by molar-refractivity contribution is -0.135. The molecule has 0 rings (SSSR count). The molecule has 0 aromatic rings. The van der Waals surface area contributed by atoms with E-state index in [9.17, 15) is 4.79 Å². The van der Waals surface area contributed by atoms with Crippen LogP contribution in [0.25, 0.3) is 0 Å². The first-order chi connectivity index (χ1) is 6.72. The van der Waals surface area contributed by atoms with Gasteiger partial charge in [0.05, 0.1) is 0 Å². The summed E-state index contributed by atoms with van der Waals surface area (Å²) in [5.41, 5.74) is 0. The molecule has 0 saturated carbocycles. The average Bonchev–Trinajstić information content (AvgIpc) is 2.16. The summed E-state index contributed by atoms with van der Waals surface area (Å²) in [6.45, 7) is 2.14. The van der Waals surface area contributed by atoms with E-state index in [4.69, 9.17) is 9.53 Å². The third-order valence-corrected chi connectivity index (χ3v) is 2.20. The van der Waals surface area contributed by atoms with Crippen molar-refractivity contribution in [3.05, 3.63) is 24.0 Å². The minimum absolute atomic E-state index is 0.0665. The van der Waals surface area contributed by atoms with Crippen LogP contribution in [0.4, 0.5) is 0 Å². The molecule has 0 bridgehead atoms. The summed E-state index contributed by atoms with van der Waals surface area (Å²) in [5, 5.41) is 8.62. The second-order valence-corrected chi connectivity index (χ2v) is 3.34. The van der Waals surface area contributed by atoms with Crippen molar-refractivity contribution in [2.75, 3.05) is 0 Å². The van der Waals surface area contributed by atoms with E-state index in [0.29, 0.717) is 16.9 Å². The molecule has 0 amide bonds. The number of unbranched alkanes of at least 4 members (excludes halogenated alkanes) is 2. The Kier molecular flexibility index (Phi) is 7.93. The van der Waals surface area contributed by atoms with Gasteiger partial charge in [-0.3, -0.25) is 0 Å². The molecule has 14 heavy (non-hydrogen) atoms. The highest BCUT2D eigenvalue weighted by Gasteiger charge is 2.02. The van der Waals surface area contributed by atoms with Crippen LogP contribution < -0.4 is 0 Å². The van der Waals surface area contributed by atoms with Crippen molar-refractivity contribution < 1.29 is 14.3 Å². The number of hydrogen-bond donors (Lipinski definition) is 1. The van der Waals surface area contributed by atoms with Crippen molar-refractivity contribution in [2.24, 2.45) is 0 Å². The third-order valence-electron chi connectivity index (χ3n) is 1.76. The summed E-state index contributed by atoms with van der Waals surface area (Å²) in [7, 11) is 0.417. The molecule has 0 unspecified atom stereocenters. The fraction of sp³-hybridized carbons (Fsp3) is 0.500. The van der Waals surface area contributed by atoms with Crippen LogP contribution in [0.2, 0.25) is 0 Å². The van der Waals surface area contributed by atoms with Crippen molar-refractivity contribution in [1.82, 2.24) is 0 Å². The summed E-state index contributed by atoms with van der Waals surface area (Å²) in [6.07, 6.45) is 9.71. The molecule has 80 valence electrons. The molecule has 4 heteroatoms. The zero-order valence-electron chi connectivity index (χ0n) is 8.82. The van der Waals surface area contributed by atoms with Gasteiger partial charge in [-0.2, -0.15) is 0 Å².